The quantitative estimate of drug-likeness (QED) is 0.648. The van der Waals surface area contributed by atoms with Crippen molar-refractivity contribution in [3.63, 3.8) is 0 Å². The summed E-state index contributed by atoms with van der Waals surface area (Å²) in [5.41, 5.74) is 0.713. The summed E-state index contributed by atoms with van der Waals surface area (Å²) in [4.78, 5) is 10.4. The Kier molecular flexibility index (Phi) is 3.71. The number of ether oxygens (including phenoxy) is 1. The molecule has 0 radical (unpaired) electrons. The molecule has 0 saturated carbocycles. The lowest BCUT2D eigenvalue weighted by Gasteiger charge is -2.07. The lowest BCUT2D eigenvalue weighted by Crippen LogP contribution is -2.09. The van der Waals surface area contributed by atoms with Gasteiger partial charge in [-0.25, -0.2) is 0 Å². The molecule has 3 nitrogen and oxygen atoms in total. The van der Waals surface area contributed by atoms with E-state index in [1.54, 1.807) is 6.07 Å². The van der Waals surface area contributed by atoms with Crippen molar-refractivity contribution >= 4 is 6.29 Å². The van der Waals surface area contributed by atoms with Crippen molar-refractivity contribution in [1.29, 1.82) is 0 Å². The van der Waals surface area contributed by atoms with Gasteiger partial charge in [0.15, 0.2) is 6.29 Å². The molecule has 0 aromatic carbocycles. The molecule has 0 aliphatic carbocycles. The molecule has 0 saturated heterocycles. The second-order valence-corrected chi connectivity index (χ2v) is 3.22. The molecule has 0 aliphatic heterocycles. The van der Waals surface area contributed by atoms with Gasteiger partial charge in [-0.2, -0.15) is 0 Å². The van der Waals surface area contributed by atoms with Crippen molar-refractivity contribution < 1.29 is 9.53 Å². The number of nitrogens with zero attached hydrogens (tertiary/aromatic N) is 1. The molecule has 0 fully saturated rings. The van der Waals surface area contributed by atoms with Crippen molar-refractivity contribution in [3.05, 3.63) is 24.0 Å². The van der Waals surface area contributed by atoms with Crippen LogP contribution in [0.1, 0.15) is 24.2 Å². The van der Waals surface area contributed by atoms with E-state index < -0.39 is 0 Å². The predicted molar refractivity (Wildman–Crippen MR) is 50.9 cm³/mol. The monoisotopic (exact) mass is 181 g/mol. The first kappa shape index (κ1) is 9.99. The summed E-state index contributed by atoms with van der Waals surface area (Å²) in [5, 5.41) is 0. The third-order valence-corrected chi connectivity index (χ3v) is 1.71. The number of hydrogen-bond acceptors (Lipinski definition) is 2. The highest BCUT2D eigenvalue weighted by Gasteiger charge is 1.96. The largest absolute Gasteiger partial charge is 0.377 e. The van der Waals surface area contributed by atoms with Crippen molar-refractivity contribution in [2.75, 3.05) is 6.61 Å². The van der Waals surface area contributed by atoms with E-state index in [1.165, 1.54) is 0 Å². The molecule has 0 spiro atoms. The van der Waals surface area contributed by atoms with Gasteiger partial charge in [-0.3, -0.25) is 4.79 Å². The molecule has 1 aromatic heterocycles. The molecular weight excluding hydrogens is 166 g/mol. The van der Waals surface area contributed by atoms with E-state index in [4.69, 9.17) is 4.74 Å². The molecule has 1 heterocycles. The third-order valence-electron chi connectivity index (χ3n) is 1.71. The lowest BCUT2D eigenvalue weighted by molar-refractivity contribution is 0.0728. The SMILES string of the molecule is CC(C)OCCn1ccc(C=O)c1. The van der Waals surface area contributed by atoms with Gasteiger partial charge in [-0.15, -0.1) is 0 Å². The average molecular weight is 181 g/mol. The molecular formula is C10H15NO2. The molecule has 1 aromatic rings. The van der Waals surface area contributed by atoms with Crippen LogP contribution in [0.4, 0.5) is 0 Å². The summed E-state index contributed by atoms with van der Waals surface area (Å²) in [6.07, 6.45) is 4.81. The van der Waals surface area contributed by atoms with Gasteiger partial charge in [0.1, 0.15) is 0 Å². The molecule has 72 valence electrons. The minimum Gasteiger partial charge on any atom is -0.377 e. The molecule has 0 atom stereocenters. The summed E-state index contributed by atoms with van der Waals surface area (Å²) in [7, 11) is 0. The molecule has 0 unspecified atom stereocenters. The minimum atomic E-state index is 0.265. The van der Waals surface area contributed by atoms with Crippen LogP contribution in [-0.4, -0.2) is 23.6 Å². The third kappa shape index (κ3) is 3.42. The highest BCUT2D eigenvalue weighted by Crippen LogP contribution is 1.98. The Morgan fingerprint density at radius 2 is 2.38 bits per heavy atom. The highest BCUT2D eigenvalue weighted by molar-refractivity contribution is 5.74. The predicted octanol–water partition coefficient (Wildman–Crippen LogP) is 1.73. The summed E-state index contributed by atoms with van der Waals surface area (Å²) >= 11 is 0. The van der Waals surface area contributed by atoms with Crippen molar-refractivity contribution in [2.24, 2.45) is 0 Å². The Morgan fingerprint density at radius 1 is 1.62 bits per heavy atom. The van der Waals surface area contributed by atoms with Crippen LogP contribution in [0, 0.1) is 0 Å². The molecule has 0 N–H and O–H groups in total. The van der Waals surface area contributed by atoms with Gasteiger partial charge in [0, 0.05) is 24.5 Å². The normalized spacial score (nSPS) is 10.7. The Balaban J connectivity index is 2.32. The Morgan fingerprint density at radius 3 is 2.92 bits per heavy atom. The number of carbonyl (C=O) groups is 1. The van der Waals surface area contributed by atoms with Gasteiger partial charge in [0.2, 0.25) is 0 Å². The van der Waals surface area contributed by atoms with Gasteiger partial charge in [0.25, 0.3) is 0 Å². The topological polar surface area (TPSA) is 31.2 Å². The number of carbonyl (C=O) groups excluding carboxylic acids is 1. The molecule has 0 bridgehead atoms. The van der Waals surface area contributed by atoms with Crippen molar-refractivity contribution in [3.8, 4) is 0 Å². The Hall–Kier alpha value is -1.09. The number of rotatable bonds is 5. The standard InChI is InChI=1S/C10H15NO2/c1-9(2)13-6-5-11-4-3-10(7-11)8-12/h3-4,7-9H,5-6H2,1-2H3. The van der Waals surface area contributed by atoms with Gasteiger partial charge in [0.05, 0.1) is 12.7 Å². The van der Waals surface area contributed by atoms with Crippen LogP contribution in [0.3, 0.4) is 0 Å². The second kappa shape index (κ2) is 4.82. The van der Waals surface area contributed by atoms with E-state index in [9.17, 15) is 4.79 Å². The summed E-state index contributed by atoms with van der Waals surface area (Å²) < 4.78 is 7.33. The first-order valence-corrected chi connectivity index (χ1v) is 4.45. The van der Waals surface area contributed by atoms with Crippen LogP contribution < -0.4 is 0 Å². The Labute approximate surface area is 78.3 Å². The molecule has 13 heavy (non-hydrogen) atoms. The average Bonchev–Trinajstić information content (AvgIpc) is 2.52. The zero-order valence-electron chi connectivity index (χ0n) is 8.06. The smallest absolute Gasteiger partial charge is 0.151 e. The number of aldehydes is 1. The minimum absolute atomic E-state index is 0.265. The lowest BCUT2D eigenvalue weighted by atomic mass is 10.4. The first-order valence-electron chi connectivity index (χ1n) is 4.45. The summed E-state index contributed by atoms with van der Waals surface area (Å²) in [6, 6.07) is 1.79. The molecule has 0 aliphatic rings. The fourth-order valence-electron chi connectivity index (χ4n) is 1.06. The molecule has 0 amide bonds. The van der Waals surface area contributed by atoms with Crippen LogP contribution in [0.25, 0.3) is 0 Å². The summed E-state index contributed by atoms with van der Waals surface area (Å²) in [5.74, 6) is 0. The van der Waals surface area contributed by atoms with Crippen LogP contribution in [0.15, 0.2) is 18.5 Å². The van der Waals surface area contributed by atoms with E-state index >= 15 is 0 Å². The van der Waals surface area contributed by atoms with Crippen molar-refractivity contribution in [2.45, 2.75) is 26.5 Å². The number of hydrogen-bond donors (Lipinski definition) is 0. The fraction of sp³-hybridized carbons (Fsp3) is 0.500. The maximum atomic E-state index is 10.4. The maximum Gasteiger partial charge on any atom is 0.151 e. The first-order chi connectivity index (χ1) is 6.22. The molecule has 1 rings (SSSR count). The molecule has 3 heteroatoms. The van der Waals surface area contributed by atoms with Crippen LogP contribution >= 0.6 is 0 Å². The summed E-state index contributed by atoms with van der Waals surface area (Å²) in [6.45, 7) is 5.50. The Bertz CT molecular complexity index is 266. The fourth-order valence-corrected chi connectivity index (χ4v) is 1.06. The van der Waals surface area contributed by atoms with Gasteiger partial charge < -0.3 is 9.30 Å². The van der Waals surface area contributed by atoms with Crippen molar-refractivity contribution in [1.82, 2.24) is 4.57 Å². The van der Waals surface area contributed by atoms with E-state index in [0.29, 0.717) is 12.2 Å². The van der Waals surface area contributed by atoms with E-state index in [1.807, 2.05) is 30.8 Å². The number of aromatic nitrogens is 1. The zero-order valence-corrected chi connectivity index (χ0v) is 8.06. The van der Waals surface area contributed by atoms with Crippen LogP contribution in [0.2, 0.25) is 0 Å². The van der Waals surface area contributed by atoms with Crippen LogP contribution in [-0.2, 0) is 11.3 Å². The van der Waals surface area contributed by atoms with E-state index in [2.05, 4.69) is 0 Å². The van der Waals surface area contributed by atoms with Gasteiger partial charge in [-0.1, -0.05) is 0 Å². The highest BCUT2D eigenvalue weighted by atomic mass is 16.5. The maximum absolute atomic E-state index is 10.4. The van der Waals surface area contributed by atoms with Gasteiger partial charge >= 0.3 is 0 Å². The van der Waals surface area contributed by atoms with Crippen LogP contribution in [0.5, 0.6) is 0 Å². The van der Waals surface area contributed by atoms with E-state index in [-0.39, 0.29) is 6.10 Å². The van der Waals surface area contributed by atoms with Gasteiger partial charge in [-0.05, 0) is 19.9 Å². The second-order valence-electron chi connectivity index (χ2n) is 3.22. The zero-order chi connectivity index (χ0) is 9.68. The van der Waals surface area contributed by atoms with E-state index in [0.717, 1.165) is 12.8 Å².